The van der Waals surface area contributed by atoms with Crippen LogP contribution in [0.5, 0.6) is 11.8 Å². The van der Waals surface area contributed by atoms with Crippen molar-refractivity contribution in [1.29, 1.82) is 0 Å². The van der Waals surface area contributed by atoms with E-state index in [1.54, 1.807) is 6.07 Å². The summed E-state index contributed by atoms with van der Waals surface area (Å²) >= 11 is 2.37. The molecule has 8 nitrogen and oxygen atoms in total. The van der Waals surface area contributed by atoms with Crippen molar-refractivity contribution in [2.24, 2.45) is 0 Å². The topological polar surface area (TPSA) is 94.1 Å². The van der Waals surface area contributed by atoms with E-state index in [0.29, 0.717) is 35.0 Å². The smallest absolute Gasteiger partial charge is 0.250 e. The van der Waals surface area contributed by atoms with Crippen molar-refractivity contribution in [3.63, 3.8) is 0 Å². The predicted octanol–water partition coefficient (Wildman–Crippen LogP) is 3.96. The molecule has 2 N–H and O–H groups in total. The first-order chi connectivity index (χ1) is 20.1. The molecule has 2 saturated carbocycles. The Hall–Kier alpha value is -3.09. The van der Waals surface area contributed by atoms with Gasteiger partial charge in [-0.15, -0.1) is 8.75 Å². The van der Waals surface area contributed by atoms with Gasteiger partial charge in [0, 0.05) is 47.1 Å². The highest BCUT2D eigenvalue weighted by atomic mass is 32.1. The molecule has 4 unspecified atom stereocenters. The first-order valence-corrected chi connectivity index (χ1v) is 15.7. The molecule has 2 aliphatic heterocycles. The van der Waals surface area contributed by atoms with Crippen LogP contribution in [0.15, 0.2) is 18.2 Å². The fraction of sp³-hybridized carbons (Fsp3) is 0.533. The molecule has 2 aromatic heterocycles. The van der Waals surface area contributed by atoms with Crippen LogP contribution in [0.2, 0.25) is 0 Å². The van der Waals surface area contributed by atoms with Crippen molar-refractivity contribution in [1.82, 2.24) is 28.1 Å². The van der Waals surface area contributed by atoms with Crippen LogP contribution in [0.3, 0.4) is 0 Å². The average molecular weight is 591 g/mol. The zero-order valence-corrected chi connectivity index (χ0v) is 24.3. The highest BCUT2D eigenvalue weighted by Gasteiger charge is 2.47. The standard InChI is InChI=1S/C30H31FN6O2S2/c31-22-14-20(5-3-11-38-27-25(34-40-36-27)29-9-1-7-23(16-29)32-18-29)13-21(15-22)6-4-12-39-28-26(35-41-37-28)30-10-2-8-24(17-30)33-19-30/h13-15,23-24,32-33H,1-2,7-12,16-19H2. The molecule has 3 aromatic rings. The van der Waals surface area contributed by atoms with Gasteiger partial charge in [0.1, 0.15) is 17.2 Å². The Morgan fingerprint density at radius 2 is 1.29 bits per heavy atom. The molecule has 4 heterocycles. The average Bonchev–Trinajstić information content (AvgIpc) is 3.76. The molecule has 4 aliphatic rings. The van der Waals surface area contributed by atoms with Gasteiger partial charge in [0.25, 0.3) is 11.8 Å². The molecule has 7 rings (SSSR count). The summed E-state index contributed by atoms with van der Waals surface area (Å²) in [7, 11) is 0. The lowest BCUT2D eigenvalue weighted by Crippen LogP contribution is -2.30. The van der Waals surface area contributed by atoms with Crippen LogP contribution in [0.4, 0.5) is 4.39 Å². The van der Waals surface area contributed by atoms with Crippen molar-refractivity contribution in [2.45, 2.75) is 74.3 Å². The van der Waals surface area contributed by atoms with Gasteiger partial charge in [0.2, 0.25) is 0 Å². The second kappa shape index (κ2) is 11.3. The first kappa shape index (κ1) is 26.8. The van der Waals surface area contributed by atoms with Gasteiger partial charge in [-0.25, -0.2) is 4.39 Å². The molecule has 212 valence electrons. The Morgan fingerprint density at radius 3 is 1.80 bits per heavy atom. The molecule has 41 heavy (non-hydrogen) atoms. The van der Waals surface area contributed by atoms with E-state index in [2.05, 4.69) is 51.8 Å². The van der Waals surface area contributed by atoms with Gasteiger partial charge in [-0.2, -0.15) is 8.75 Å². The van der Waals surface area contributed by atoms with Gasteiger partial charge in [-0.1, -0.05) is 36.5 Å². The van der Waals surface area contributed by atoms with Gasteiger partial charge in [0.05, 0.1) is 23.5 Å². The van der Waals surface area contributed by atoms with E-state index in [-0.39, 0.29) is 29.9 Å². The summed E-state index contributed by atoms with van der Waals surface area (Å²) in [5, 5.41) is 7.22. The van der Waals surface area contributed by atoms with Gasteiger partial charge >= 0.3 is 0 Å². The fourth-order valence-electron chi connectivity index (χ4n) is 7.09. The highest BCUT2D eigenvalue weighted by Crippen LogP contribution is 2.46. The van der Waals surface area contributed by atoms with E-state index in [1.807, 2.05) is 0 Å². The van der Waals surface area contributed by atoms with Crippen molar-refractivity contribution in [3.8, 4) is 35.4 Å². The molecule has 0 spiro atoms. The van der Waals surface area contributed by atoms with Crippen LogP contribution in [-0.4, -0.2) is 55.9 Å². The lowest BCUT2D eigenvalue weighted by molar-refractivity contribution is 0.308. The molecule has 11 heteroatoms. The molecule has 0 radical (unpaired) electrons. The number of nitrogens with zero attached hydrogens (tertiary/aromatic N) is 4. The number of ether oxygens (including phenoxy) is 2. The largest absolute Gasteiger partial charge is 0.463 e. The normalized spacial score (nSPS) is 27.9. The number of halogens is 1. The Morgan fingerprint density at radius 1 is 0.780 bits per heavy atom. The lowest BCUT2D eigenvalue weighted by atomic mass is 9.73. The second-order valence-electron chi connectivity index (χ2n) is 11.7. The minimum absolute atomic E-state index is 0.0163. The molecular formula is C30H31FN6O2S2. The van der Waals surface area contributed by atoms with Crippen LogP contribution in [0.1, 0.15) is 73.9 Å². The quantitative estimate of drug-likeness (QED) is 0.417. The minimum atomic E-state index is -0.390. The minimum Gasteiger partial charge on any atom is -0.463 e. The molecule has 4 fully saturated rings. The van der Waals surface area contributed by atoms with E-state index in [0.717, 1.165) is 50.2 Å². The number of fused-ring (bicyclic) bond motifs is 4. The van der Waals surface area contributed by atoms with E-state index < -0.39 is 0 Å². The molecule has 4 bridgehead atoms. The van der Waals surface area contributed by atoms with E-state index in [4.69, 9.17) is 9.47 Å². The molecule has 0 amide bonds. The summed E-state index contributed by atoms with van der Waals surface area (Å²) in [4.78, 5) is 0. The van der Waals surface area contributed by atoms with Crippen molar-refractivity contribution >= 4 is 23.5 Å². The lowest BCUT2D eigenvalue weighted by Gasteiger charge is -2.30. The Balaban J connectivity index is 0.967. The van der Waals surface area contributed by atoms with Gasteiger partial charge in [0.15, 0.2) is 13.2 Å². The molecular weight excluding hydrogens is 560 g/mol. The molecule has 1 aromatic carbocycles. The summed E-state index contributed by atoms with van der Waals surface area (Å²) in [6.07, 6.45) is 9.18. The number of hydrogen-bond donors (Lipinski definition) is 2. The number of rotatable bonds is 6. The third kappa shape index (κ3) is 5.44. The number of hydrogen-bond acceptors (Lipinski definition) is 10. The number of aromatic nitrogens is 4. The van der Waals surface area contributed by atoms with Gasteiger partial charge < -0.3 is 20.1 Å². The molecule has 4 atom stereocenters. The monoisotopic (exact) mass is 590 g/mol. The van der Waals surface area contributed by atoms with Crippen LogP contribution >= 0.6 is 23.5 Å². The number of nitrogens with one attached hydrogen (secondary N) is 2. The zero-order chi connectivity index (χ0) is 27.7. The Kier molecular flexibility index (Phi) is 7.38. The Labute approximate surface area is 247 Å². The maximum absolute atomic E-state index is 14.3. The molecule has 2 aliphatic carbocycles. The van der Waals surface area contributed by atoms with E-state index >= 15 is 0 Å². The summed E-state index contributed by atoms with van der Waals surface area (Å²) in [6, 6.07) is 5.69. The predicted molar refractivity (Wildman–Crippen MR) is 155 cm³/mol. The van der Waals surface area contributed by atoms with E-state index in [9.17, 15) is 4.39 Å². The van der Waals surface area contributed by atoms with Crippen LogP contribution < -0.4 is 20.1 Å². The maximum Gasteiger partial charge on any atom is 0.250 e. The van der Waals surface area contributed by atoms with Gasteiger partial charge in [-0.05, 0) is 56.7 Å². The fourth-order valence-corrected chi connectivity index (χ4v) is 8.30. The third-order valence-electron chi connectivity index (χ3n) is 9.00. The SMILES string of the molecule is Fc1cc(C#CCOc2nsnc2C23CCCC(C2)NC3)cc(C#CCOc2nsnc2C23CCCC(C2)NC3)c1. The van der Waals surface area contributed by atoms with Crippen molar-refractivity contribution in [2.75, 3.05) is 26.3 Å². The summed E-state index contributed by atoms with van der Waals surface area (Å²) < 4.78 is 44.2. The second-order valence-corrected chi connectivity index (χ2v) is 12.7. The highest BCUT2D eigenvalue weighted by molar-refractivity contribution is 6.99. The first-order valence-electron chi connectivity index (χ1n) is 14.3. The maximum atomic E-state index is 14.3. The number of benzene rings is 1. The third-order valence-corrected chi connectivity index (χ3v) is 10.0. The summed E-state index contributed by atoms with van der Waals surface area (Å²) in [5.41, 5.74) is 3.01. The zero-order valence-electron chi connectivity index (χ0n) is 22.7. The molecule has 2 saturated heterocycles. The van der Waals surface area contributed by atoms with Crippen LogP contribution in [0.25, 0.3) is 0 Å². The summed E-state index contributed by atoms with van der Waals surface area (Å²) in [5.74, 6) is 12.7. The van der Waals surface area contributed by atoms with E-state index in [1.165, 1.54) is 61.3 Å². The van der Waals surface area contributed by atoms with Crippen LogP contribution in [-0.2, 0) is 10.8 Å². The Bertz CT molecular complexity index is 1430. The van der Waals surface area contributed by atoms with Crippen molar-refractivity contribution < 1.29 is 13.9 Å². The van der Waals surface area contributed by atoms with Crippen molar-refractivity contribution in [3.05, 3.63) is 46.5 Å². The summed E-state index contributed by atoms with van der Waals surface area (Å²) in [6.45, 7) is 2.14. The van der Waals surface area contributed by atoms with Gasteiger partial charge in [-0.3, -0.25) is 0 Å². The van der Waals surface area contributed by atoms with Crippen LogP contribution in [0, 0.1) is 29.5 Å².